The fourth-order valence-corrected chi connectivity index (χ4v) is 6.42. The largest absolute Gasteiger partial charge is 0.507 e. The molecule has 0 saturated carbocycles. The van der Waals surface area contributed by atoms with E-state index in [4.69, 9.17) is 9.47 Å². The van der Waals surface area contributed by atoms with E-state index in [0.717, 1.165) is 24.8 Å². The molecule has 5 rings (SSSR count). The van der Waals surface area contributed by atoms with Crippen molar-refractivity contribution in [1.82, 2.24) is 10.2 Å². The molecule has 0 spiro atoms. The molecule has 1 aliphatic rings. The summed E-state index contributed by atoms with van der Waals surface area (Å²) in [6.07, 6.45) is 2.78. The number of Topliss-reactive ketones (excluding diaryl/α,β-unsaturated/α-hetero) is 1. The van der Waals surface area contributed by atoms with Crippen molar-refractivity contribution in [2.45, 2.75) is 49.2 Å². The molecule has 1 N–H and O–H groups in total. The molecule has 1 aromatic heterocycles. The van der Waals surface area contributed by atoms with Crippen LogP contribution in [0.4, 0.5) is 9.52 Å². The number of aliphatic hydroxyl groups is 1. The predicted octanol–water partition coefficient (Wildman–Crippen LogP) is 7.56. The predicted molar refractivity (Wildman–Crippen MR) is 170 cm³/mol. The quantitative estimate of drug-likeness (QED) is 0.0402. The summed E-state index contributed by atoms with van der Waals surface area (Å²) in [5.41, 5.74) is 1.84. The molecule has 8 nitrogen and oxygen atoms in total. The molecule has 0 aliphatic carbocycles. The second-order valence-corrected chi connectivity index (χ2v) is 12.3. The van der Waals surface area contributed by atoms with Crippen molar-refractivity contribution < 1.29 is 28.6 Å². The van der Waals surface area contributed by atoms with E-state index in [1.54, 1.807) is 60.7 Å². The van der Waals surface area contributed by atoms with Gasteiger partial charge in [-0.05, 0) is 72.5 Å². The fourth-order valence-electron chi connectivity index (χ4n) is 4.59. The zero-order chi connectivity index (χ0) is 31.1. The van der Waals surface area contributed by atoms with Gasteiger partial charge in [0.2, 0.25) is 5.13 Å². The molecule has 3 aromatic carbocycles. The van der Waals surface area contributed by atoms with E-state index in [1.165, 1.54) is 40.1 Å². The summed E-state index contributed by atoms with van der Waals surface area (Å²) < 4.78 is 25.3. The molecular formula is C33H32FN3O5S2. The van der Waals surface area contributed by atoms with Gasteiger partial charge in [0.05, 0.1) is 24.8 Å². The van der Waals surface area contributed by atoms with Crippen LogP contribution in [-0.2, 0) is 15.3 Å². The monoisotopic (exact) mass is 633 g/mol. The van der Waals surface area contributed by atoms with Gasteiger partial charge in [0.25, 0.3) is 5.78 Å². The van der Waals surface area contributed by atoms with Crippen molar-refractivity contribution in [2.75, 3.05) is 18.1 Å². The highest BCUT2D eigenvalue weighted by Gasteiger charge is 2.48. The third kappa shape index (κ3) is 7.11. The van der Waals surface area contributed by atoms with E-state index in [-0.39, 0.29) is 22.3 Å². The Morgan fingerprint density at radius 3 is 2.23 bits per heavy atom. The SMILES string of the molecule is CCCCOc1ccc(C(O)=C2C(=O)C(=O)N(c3nnc(SCc4ccc(F)cc4)s3)C2c2ccc(OCCC)cc2)cc1. The highest BCUT2D eigenvalue weighted by Crippen LogP contribution is 2.44. The van der Waals surface area contributed by atoms with Gasteiger partial charge in [-0.3, -0.25) is 14.5 Å². The van der Waals surface area contributed by atoms with Gasteiger partial charge in [-0.1, -0.05) is 67.6 Å². The first-order valence-electron chi connectivity index (χ1n) is 14.4. The fraction of sp³-hybridized carbons (Fsp3) is 0.273. The van der Waals surface area contributed by atoms with Crippen LogP contribution in [0.2, 0.25) is 0 Å². The molecule has 228 valence electrons. The van der Waals surface area contributed by atoms with Gasteiger partial charge in [-0.2, -0.15) is 0 Å². The number of carbonyl (C=O) groups is 2. The van der Waals surface area contributed by atoms with Crippen molar-refractivity contribution in [3.63, 3.8) is 0 Å². The number of hydrogen-bond acceptors (Lipinski definition) is 9. The lowest BCUT2D eigenvalue weighted by molar-refractivity contribution is -0.132. The summed E-state index contributed by atoms with van der Waals surface area (Å²) in [7, 11) is 0. The lowest BCUT2D eigenvalue weighted by Gasteiger charge is -2.22. The Hall–Kier alpha value is -4.22. The molecule has 1 fully saturated rings. The highest BCUT2D eigenvalue weighted by molar-refractivity contribution is 8.00. The Morgan fingerprint density at radius 2 is 1.57 bits per heavy atom. The standard InChI is InChI=1S/C33H32FN3O5S2/c1-3-5-19-42-26-16-10-23(11-17-26)29(38)27-28(22-8-14-25(15-9-22)41-18-4-2)37(31(40)30(27)39)32-35-36-33(44-32)43-20-21-6-12-24(34)13-7-21/h6-17,28,38H,3-5,18-20H2,1-2H3. The number of unbranched alkanes of at least 4 members (excludes halogenated alkanes) is 1. The number of nitrogens with zero attached hydrogens (tertiary/aromatic N) is 3. The number of amides is 1. The molecule has 1 aliphatic heterocycles. The summed E-state index contributed by atoms with van der Waals surface area (Å²) in [4.78, 5) is 28.4. The minimum atomic E-state index is -0.946. The van der Waals surface area contributed by atoms with E-state index in [1.807, 2.05) is 6.92 Å². The first kappa shape index (κ1) is 31.2. The van der Waals surface area contributed by atoms with Gasteiger partial charge in [-0.15, -0.1) is 10.2 Å². The van der Waals surface area contributed by atoms with Crippen LogP contribution in [0.1, 0.15) is 55.8 Å². The van der Waals surface area contributed by atoms with Crippen LogP contribution in [0.5, 0.6) is 11.5 Å². The lowest BCUT2D eigenvalue weighted by Crippen LogP contribution is -2.29. The Morgan fingerprint density at radius 1 is 0.909 bits per heavy atom. The average Bonchev–Trinajstić information content (AvgIpc) is 3.61. The van der Waals surface area contributed by atoms with Crippen LogP contribution in [0.3, 0.4) is 0 Å². The van der Waals surface area contributed by atoms with Crippen LogP contribution in [0.25, 0.3) is 5.76 Å². The van der Waals surface area contributed by atoms with E-state index >= 15 is 0 Å². The molecular weight excluding hydrogens is 602 g/mol. The Kier molecular flexibility index (Phi) is 10.3. The molecule has 0 radical (unpaired) electrons. The molecule has 11 heteroatoms. The molecule has 44 heavy (non-hydrogen) atoms. The Labute approximate surface area is 263 Å². The van der Waals surface area contributed by atoms with E-state index < -0.39 is 17.7 Å². The first-order chi connectivity index (χ1) is 21.4. The highest BCUT2D eigenvalue weighted by atomic mass is 32.2. The molecule has 1 atom stereocenters. The third-order valence-corrected chi connectivity index (χ3v) is 9.01. The molecule has 1 unspecified atom stereocenters. The van der Waals surface area contributed by atoms with Crippen LogP contribution in [0, 0.1) is 5.82 Å². The normalized spacial score (nSPS) is 16.0. The maximum Gasteiger partial charge on any atom is 0.301 e. The van der Waals surface area contributed by atoms with Crippen LogP contribution in [-0.4, -0.2) is 40.2 Å². The van der Waals surface area contributed by atoms with Gasteiger partial charge < -0.3 is 14.6 Å². The van der Waals surface area contributed by atoms with Crippen molar-refractivity contribution in [1.29, 1.82) is 0 Å². The smallest absolute Gasteiger partial charge is 0.301 e. The van der Waals surface area contributed by atoms with E-state index in [2.05, 4.69) is 17.1 Å². The number of benzene rings is 3. The summed E-state index contributed by atoms with van der Waals surface area (Å²) in [6.45, 7) is 5.23. The zero-order valence-corrected chi connectivity index (χ0v) is 26.0. The number of anilines is 1. The number of thioether (sulfide) groups is 1. The number of hydrogen-bond donors (Lipinski definition) is 1. The Balaban J connectivity index is 1.48. The van der Waals surface area contributed by atoms with Crippen LogP contribution >= 0.6 is 23.1 Å². The molecule has 2 heterocycles. The van der Waals surface area contributed by atoms with Crippen molar-refractivity contribution in [3.05, 3.63) is 101 Å². The van der Waals surface area contributed by atoms with Gasteiger partial charge in [0.1, 0.15) is 23.1 Å². The maximum absolute atomic E-state index is 13.5. The maximum atomic E-state index is 13.5. The van der Waals surface area contributed by atoms with Crippen molar-refractivity contribution in [2.24, 2.45) is 0 Å². The summed E-state index contributed by atoms with van der Waals surface area (Å²) in [5.74, 6) is -0.414. The van der Waals surface area contributed by atoms with Crippen molar-refractivity contribution in [3.8, 4) is 11.5 Å². The second kappa shape index (κ2) is 14.5. The minimum Gasteiger partial charge on any atom is -0.507 e. The molecule has 4 aromatic rings. The van der Waals surface area contributed by atoms with Crippen LogP contribution in [0.15, 0.2) is 82.7 Å². The zero-order valence-electron chi connectivity index (χ0n) is 24.4. The number of ketones is 1. The number of ether oxygens (including phenoxy) is 2. The third-order valence-electron chi connectivity index (χ3n) is 6.88. The number of carbonyl (C=O) groups excluding carboxylic acids is 2. The average molecular weight is 634 g/mol. The summed E-state index contributed by atoms with van der Waals surface area (Å²) in [5, 5.41) is 20.2. The number of halogens is 1. The lowest BCUT2D eigenvalue weighted by atomic mass is 9.95. The van der Waals surface area contributed by atoms with Gasteiger partial charge >= 0.3 is 5.91 Å². The van der Waals surface area contributed by atoms with Crippen molar-refractivity contribution >= 4 is 45.7 Å². The number of aromatic nitrogens is 2. The number of rotatable bonds is 13. The molecule has 0 bridgehead atoms. The molecule has 1 saturated heterocycles. The van der Waals surface area contributed by atoms with Gasteiger partial charge in [-0.25, -0.2) is 4.39 Å². The summed E-state index contributed by atoms with van der Waals surface area (Å²) in [6, 6.07) is 19.1. The first-order valence-corrected chi connectivity index (χ1v) is 16.2. The topological polar surface area (TPSA) is 102 Å². The summed E-state index contributed by atoms with van der Waals surface area (Å²) >= 11 is 2.56. The Bertz CT molecular complexity index is 1620. The van der Waals surface area contributed by atoms with Gasteiger partial charge in [0.15, 0.2) is 4.34 Å². The minimum absolute atomic E-state index is 0.0485. The van der Waals surface area contributed by atoms with Gasteiger partial charge in [0, 0.05) is 11.3 Å². The van der Waals surface area contributed by atoms with E-state index in [0.29, 0.717) is 45.9 Å². The second-order valence-electron chi connectivity index (χ2n) is 10.1. The number of aliphatic hydroxyl groups excluding tert-OH is 1. The van der Waals surface area contributed by atoms with E-state index in [9.17, 15) is 19.1 Å². The van der Waals surface area contributed by atoms with Crippen LogP contribution < -0.4 is 14.4 Å². The molecule has 1 amide bonds.